The fraction of sp³-hybridized carbons (Fsp3) is 0.455. The monoisotopic (exact) mass is 242 g/mol. The van der Waals surface area contributed by atoms with Crippen LogP contribution in [0.25, 0.3) is 0 Å². The molecular weight excluding hydrogens is 230 g/mol. The van der Waals surface area contributed by atoms with Crippen LogP contribution in [0.5, 0.6) is 0 Å². The molecule has 1 aromatic carbocycles. The Balaban J connectivity index is 2.24. The predicted octanol–water partition coefficient (Wildman–Crippen LogP) is 2.31. The van der Waals surface area contributed by atoms with Gasteiger partial charge in [0.1, 0.15) is 0 Å². The number of halogens is 2. The summed E-state index contributed by atoms with van der Waals surface area (Å²) in [6, 6.07) is 5.38. The smallest absolute Gasteiger partial charge is 0.269 e. The molecule has 1 unspecified atom stereocenters. The predicted molar refractivity (Wildman–Crippen MR) is 58.3 cm³/mol. The maximum absolute atomic E-state index is 13.6. The lowest BCUT2D eigenvalue weighted by atomic mass is 9.87. The number of nitro groups is 1. The molecule has 92 valence electrons. The van der Waals surface area contributed by atoms with Crippen molar-refractivity contribution in [2.75, 3.05) is 13.1 Å². The number of hydrogen-bond donors (Lipinski definition) is 1. The van der Waals surface area contributed by atoms with Crippen LogP contribution in [-0.4, -0.2) is 23.9 Å². The van der Waals surface area contributed by atoms with Crippen LogP contribution in [0, 0.1) is 10.1 Å². The van der Waals surface area contributed by atoms with Crippen LogP contribution in [0.3, 0.4) is 0 Å². The molecule has 0 spiro atoms. The second-order valence-corrected chi connectivity index (χ2v) is 4.13. The van der Waals surface area contributed by atoms with Crippen molar-refractivity contribution >= 4 is 5.69 Å². The lowest BCUT2D eigenvalue weighted by Gasteiger charge is -2.32. The van der Waals surface area contributed by atoms with Gasteiger partial charge < -0.3 is 5.32 Å². The van der Waals surface area contributed by atoms with Crippen molar-refractivity contribution in [2.45, 2.75) is 18.3 Å². The second kappa shape index (κ2) is 4.37. The molecule has 1 fully saturated rings. The standard InChI is InChI=1S/C11H12F2N2O2/c12-11(13)7-14-6-5-10(11)8-1-3-9(4-2-8)15(16)17/h1-4,10,14H,5-7H2. The van der Waals surface area contributed by atoms with Gasteiger partial charge in [-0.3, -0.25) is 10.1 Å². The summed E-state index contributed by atoms with van der Waals surface area (Å²) in [6.45, 7) is 0.200. The van der Waals surface area contributed by atoms with Gasteiger partial charge in [-0.1, -0.05) is 12.1 Å². The van der Waals surface area contributed by atoms with E-state index < -0.39 is 16.8 Å². The SMILES string of the molecule is O=[N+]([O-])c1ccc(C2CCNCC2(F)F)cc1. The van der Waals surface area contributed by atoms with Crippen molar-refractivity contribution in [2.24, 2.45) is 0 Å². The van der Waals surface area contributed by atoms with Crippen LogP contribution in [0.15, 0.2) is 24.3 Å². The molecule has 1 aliphatic heterocycles. The summed E-state index contributed by atoms with van der Waals surface area (Å²) < 4.78 is 27.2. The molecule has 0 bridgehead atoms. The zero-order chi connectivity index (χ0) is 12.5. The highest BCUT2D eigenvalue weighted by atomic mass is 19.3. The quantitative estimate of drug-likeness (QED) is 0.639. The number of nitrogens with zero attached hydrogens (tertiary/aromatic N) is 1. The fourth-order valence-corrected chi connectivity index (χ4v) is 2.07. The van der Waals surface area contributed by atoms with Crippen molar-refractivity contribution < 1.29 is 13.7 Å². The summed E-state index contributed by atoms with van der Waals surface area (Å²) in [5.41, 5.74) is 0.383. The molecule has 1 N–H and O–H groups in total. The molecule has 1 atom stereocenters. The van der Waals surface area contributed by atoms with Gasteiger partial charge >= 0.3 is 0 Å². The molecular formula is C11H12F2N2O2. The van der Waals surface area contributed by atoms with Gasteiger partial charge in [0.15, 0.2) is 0 Å². The van der Waals surface area contributed by atoms with Gasteiger partial charge in [-0.15, -0.1) is 0 Å². The Morgan fingerprint density at radius 2 is 2.00 bits per heavy atom. The highest BCUT2D eigenvalue weighted by Crippen LogP contribution is 2.38. The van der Waals surface area contributed by atoms with E-state index in [9.17, 15) is 18.9 Å². The van der Waals surface area contributed by atoms with Crippen LogP contribution in [0.4, 0.5) is 14.5 Å². The van der Waals surface area contributed by atoms with Gasteiger partial charge in [0.2, 0.25) is 0 Å². The van der Waals surface area contributed by atoms with Crippen LogP contribution >= 0.6 is 0 Å². The van der Waals surface area contributed by atoms with E-state index in [0.717, 1.165) is 0 Å². The van der Waals surface area contributed by atoms with Crippen LogP contribution in [-0.2, 0) is 0 Å². The third kappa shape index (κ3) is 2.41. The molecule has 0 saturated carbocycles. The topological polar surface area (TPSA) is 55.2 Å². The van der Waals surface area contributed by atoms with E-state index in [1.807, 2.05) is 0 Å². The maximum atomic E-state index is 13.6. The summed E-state index contributed by atoms with van der Waals surface area (Å²) in [4.78, 5) is 9.93. The molecule has 0 aromatic heterocycles. The first-order chi connectivity index (χ1) is 8.00. The second-order valence-electron chi connectivity index (χ2n) is 4.13. The van der Waals surface area contributed by atoms with Gasteiger partial charge in [0.05, 0.1) is 17.4 Å². The molecule has 0 amide bonds. The number of nitro benzene ring substituents is 1. The molecule has 0 aliphatic carbocycles. The van der Waals surface area contributed by atoms with Crippen LogP contribution < -0.4 is 5.32 Å². The minimum Gasteiger partial charge on any atom is -0.311 e. The number of benzene rings is 1. The minimum atomic E-state index is -2.80. The number of rotatable bonds is 2. The summed E-state index contributed by atoms with van der Waals surface area (Å²) in [7, 11) is 0. The van der Waals surface area contributed by atoms with E-state index in [1.165, 1.54) is 24.3 Å². The first-order valence-electron chi connectivity index (χ1n) is 5.33. The molecule has 2 rings (SSSR count). The highest BCUT2D eigenvalue weighted by Gasteiger charge is 2.42. The number of piperidine rings is 1. The first-order valence-corrected chi connectivity index (χ1v) is 5.33. The number of hydrogen-bond acceptors (Lipinski definition) is 3. The Labute approximate surface area is 96.8 Å². The zero-order valence-electron chi connectivity index (χ0n) is 9.03. The third-order valence-electron chi connectivity index (χ3n) is 2.99. The van der Waals surface area contributed by atoms with Gasteiger partial charge in [0, 0.05) is 12.1 Å². The molecule has 4 nitrogen and oxygen atoms in total. The van der Waals surface area contributed by atoms with Gasteiger partial charge in [-0.25, -0.2) is 8.78 Å². The Bertz CT molecular complexity index is 420. The number of nitrogens with one attached hydrogen (secondary N) is 1. The molecule has 1 saturated heterocycles. The highest BCUT2D eigenvalue weighted by molar-refractivity contribution is 5.35. The molecule has 1 aliphatic rings. The normalized spacial score (nSPS) is 23.3. The summed E-state index contributed by atoms with van der Waals surface area (Å²) in [6.07, 6.45) is 0.338. The molecule has 0 radical (unpaired) electrons. The summed E-state index contributed by atoms with van der Waals surface area (Å²) in [5, 5.41) is 13.1. The Hall–Kier alpha value is -1.56. The van der Waals surface area contributed by atoms with Crippen molar-refractivity contribution in [3.8, 4) is 0 Å². The molecule has 1 heterocycles. The van der Waals surface area contributed by atoms with E-state index in [0.29, 0.717) is 18.5 Å². The minimum absolute atomic E-state index is 0.0778. The average Bonchev–Trinajstić information content (AvgIpc) is 2.28. The van der Waals surface area contributed by atoms with Gasteiger partial charge in [0.25, 0.3) is 11.6 Å². The third-order valence-corrected chi connectivity index (χ3v) is 2.99. The average molecular weight is 242 g/mol. The van der Waals surface area contributed by atoms with E-state index in [1.54, 1.807) is 0 Å². The van der Waals surface area contributed by atoms with Crippen molar-refractivity contribution in [3.63, 3.8) is 0 Å². The largest absolute Gasteiger partial charge is 0.311 e. The van der Waals surface area contributed by atoms with Gasteiger partial charge in [-0.2, -0.15) is 0 Å². The Morgan fingerprint density at radius 3 is 2.53 bits per heavy atom. The number of alkyl halides is 2. The number of non-ortho nitro benzene ring substituents is 1. The van der Waals surface area contributed by atoms with Crippen molar-refractivity contribution in [3.05, 3.63) is 39.9 Å². The van der Waals surface area contributed by atoms with E-state index in [2.05, 4.69) is 5.32 Å². The first kappa shape index (κ1) is 11.9. The lowest BCUT2D eigenvalue weighted by Crippen LogP contribution is -2.44. The maximum Gasteiger partial charge on any atom is 0.269 e. The summed E-state index contributed by atoms with van der Waals surface area (Å²) >= 11 is 0. The van der Waals surface area contributed by atoms with Crippen LogP contribution in [0.1, 0.15) is 17.9 Å². The fourth-order valence-electron chi connectivity index (χ4n) is 2.07. The lowest BCUT2D eigenvalue weighted by molar-refractivity contribution is -0.384. The zero-order valence-corrected chi connectivity index (χ0v) is 9.03. The van der Waals surface area contributed by atoms with Gasteiger partial charge in [-0.05, 0) is 18.5 Å². The Morgan fingerprint density at radius 1 is 1.35 bits per heavy atom. The van der Waals surface area contributed by atoms with Crippen molar-refractivity contribution in [1.82, 2.24) is 5.32 Å². The Kier molecular flexibility index (Phi) is 3.06. The van der Waals surface area contributed by atoms with Crippen LogP contribution in [0.2, 0.25) is 0 Å². The van der Waals surface area contributed by atoms with E-state index in [4.69, 9.17) is 0 Å². The molecule has 1 aromatic rings. The van der Waals surface area contributed by atoms with E-state index >= 15 is 0 Å². The molecule has 6 heteroatoms. The van der Waals surface area contributed by atoms with E-state index in [-0.39, 0.29) is 12.2 Å². The molecule has 17 heavy (non-hydrogen) atoms. The van der Waals surface area contributed by atoms with Crippen molar-refractivity contribution in [1.29, 1.82) is 0 Å². The summed E-state index contributed by atoms with van der Waals surface area (Å²) in [5.74, 6) is -3.65.